The highest BCUT2D eigenvalue weighted by Gasteiger charge is 2.30. The van der Waals surface area contributed by atoms with E-state index in [1.165, 1.54) is 0 Å². The third-order valence-electron chi connectivity index (χ3n) is 6.96. The van der Waals surface area contributed by atoms with Crippen molar-refractivity contribution in [3.8, 4) is 17.6 Å². The van der Waals surface area contributed by atoms with Crippen molar-refractivity contribution in [1.82, 2.24) is 4.90 Å². The van der Waals surface area contributed by atoms with E-state index in [4.69, 9.17) is 20.5 Å². The van der Waals surface area contributed by atoms with E-state index < -0.39 is 0 Å². The van der Waals surface area contributed by atoms with Crippen LogP contribution in [0.1, 0.15) is 57.5 Å². The number of rotatable bonds is 8. The molecule has 0 aromatic heterocycles. The van der Waals surface area contributed by atoms with Crippen molar-refractivity contribution in [1.29, 1.82) is 5.26 Å². The fraction of sp³-hybridized carbons (Fsp3) is 0.300. The molecule has 8 heteroatoms. The molecule has 0 spiro atoms. The van der Waals surface area contributed by atoms with Gasteiger partial charge in [-0.2, -0.15) is 5.26 Å². The van der Waals surface area contributed by atoms with Crippen LogP contribution in [0, 0.1) is 11.3 Å². The molecule has 0 radical (unpaired) electrons. The molecule has 3 aromatic rings. The van der Waals surface area contributed by atoms with Crippen LogP contribution in [-0.4, -0.2) is 43.0 Å². The highest BCUT2D eigenvalue weighted by Crippen LogP contribution is 2.31. The van der Waals surface area contributed by atoms with Gasteiger partial charge in [-0.15, -0.1) is 0 Å². The van der Waals surface area contributed by atoms with Crippen LogP contribution in [0.2, 0.25) is 0 Å². The van der Waals surface area contributed by atoms with Gasteiger partial charge in [0.05, 0.1) is 25.9 Å². The number of anilines is 1. The number of amides is 2. The molecule has 38 heavy (non-hydrogen) atoms. The Bertz CT molecular complexity index is 1320. The second-order valence-electron chi connectivity index (χ2n) is 9.37. The van der Waals surface area contributed by atoms with Gasteiger partial charge in [-0.25, -0.2) is 0 Å². The number of nitrogens with two attached hydrogens (primary N) is 1. The molecule has 196 valence electrons. The smallest absolute Gasteiger partial charge is 0.255 e. The first-order valence-corrected chi connectivity index (χ1v) is 12.6. The summed E-state index contributed by atoms with van der Waals surface area (Å²) in [5, 5.41) is 12.0. The zero-order valence-corrected chi connectivity index (χ0v) is 21.6. The third kappa shape index (κ3) is 6.13. The van der Waals surface area contributed by atoms with Crippen molar-refractivity contribution in [3.63, 3.8) is 0 Å². The zero-order valence-electron chi connectivity index (χ0n) is 21.6. The van der Waals surface area contributed by atoms with Crippen molar-refractivity contribution < 1.29 is 19.1 Å². The summed E-state index contributed by atoms with van der Waals surface area (Å²) in [4.78, 5) is 28.7. The molecule has 0 atom stereocenters. The maximum Gasteiger partial charge on any atom is 0.255 e. The first-order chi connectivity index (χ1) is 18.4. The van der Waals surface area contributed by atoms with Crippen molar-refractivity contribution >= 4 is 17.5 Å². The molecular weight excluding hydrogens is 480 g/mol. The molecule has 0 unspecified atom stereocenters. The molecule has 0 heterocycles. The SMILES string of the molecule is COc1ccc(C(=O)N(Cc2ccccc2NC(=O)c2ccc(C#N)cc2)C2CCC(N)CC2)cc1OC. The molecule has 3 N–H and O–H groups in total. The van der Waals surface area contributed by atoms with Crippen LogP contribution in [0.3, 0.4) is 0 Å². The summed E-state index contributed by atoms with van der Waals surface area (Å²) >= 11 is 0. The second-order valence-corrected chi connectivity index (χ2v) is 9.37. The minimum Gasteiger partial charge on any atom is -0.493 e. The molecule has 0 saturated heterocycles. The lowest BCUT2D eigenvalue weighted by Gasteiger charge is -2.36. The Hall–Kier alpha value is -4.35. The molecule has 8 nitrogen and oxygen atoms in total. The number of hydrogen-bond acceptors (Lipinski definition) is 6. The Morgan fingerprint density at radius 3 is 2.26 bits per heavy atom. The zero-order chi connectivity index (χ0) is 27.1. The highest BCUT2D eigenvalue weighted by atomic mass is 16.5. The van der Waals surface area contributed by atoms with E-state index in [2.05, 4.69) is 11.4 Å². The summed E-state index contributed by atoms with van der Waals surface area (Å²) < 4.78 is 10.8. The Morgan fingerprint density at radius 2 is 1.61 bits per heavy atom. The van der Waals surface area contributed by atoms with Crippen LogP contribution in [0.4, 0.5) is 5.69 Å². The van der Waals surface area contributed by atoms with Gasteiger partial charge in [-0.3, -0.25) is 9.59 Å². The normalized spacial score (nSPS) is 16.7. The van der Waals surface area contributed by atoms with Crippen molar-refractivity contribution in [2.45, 2.75) is 44.3 Å². The number of ether oxygens (including phenoxy) is 2. The average molecular weight is 513 g/mol. The van der Waals surface area contributed by atoms with E-state index in [-0.39, 0.29) is 23.9 Å². The van der Waals surface area contributed by atoms with Crippen LogP contribution in [0.15, 0.2) is 66.7 Å². The lowest BCUT2D eigenvalue weighted by Crippen LogP contribution is -2.44. The third-order valence-corrected chi connectivity index (χ3v) is 6.96. The van der Waals surface area contributed by atoms with E-state index in [0.29, 0.717) is 40.4 Å². The number of nitrogens with zero attached hydrogens (tertiary/aromatic N) is 2. The van der Waals surface area contributed by atoms with Gasteiger partial charge in [0.15, 0.2) is 11.5 Å². The van der Waals surface area contributed by atoms with Gasteiger partial charge in [0.2, 0.25) is 0 Å². The van der Waals surface area contributed by atoms with Gasteiger partial charge in [0.1, 0.15) is 0 Å². The fourth-order valence-corrected chi connectivity index (χ4v) is 4.77. The number of carbonyl (C=O) groups excluding carboxylic acids is 2. The average Bonchev–Trinajstić information content (AvgIpc) is 2.96. The first-order valence-electron chi connectivity index (χ1n) is 12.6. The summed E-state index contributed by atoms with van der Waals surface area (Å²) in [5.41, 5.74) is 9.03. The Kier molecular flexibility index (Phi) is 8.62. The van der Waals surface area contributed by atoms with Gasteiger partial charge >= 0.3 is 0 Å². The summed E-state index contributed by atoms with van der Waals surface area (Å²) in [7, 11) is 3.10. The number of para-hydroxylation sites is 1. The number of carbonyl (C=O) groups is 2. The number of nitriles is 1. The van der Waals surface area contributed by atoms with E-state index in [1.807, 2.05) is 29.2 Å². The maximum atomic E-state index is 13.9. The largest absolute Gasteiger partial charge is 0.493 e. The van der Waals surface area contributed by atoms with Gasteiger partial charge in [-0.1, -0.05) is 18.2 Å². The number of nitrogens with one attached hydrogen (secondary N) is 1. The molecule has 3 aromatic carbocycles. The molecule has 1 saturated carbocycles. The fourth-order valence-electron chi connectivity index (χ4n) is 4.77. The highest BCUT2D eigenvalue weighted by molar-refractivity contribution is 6.04. The molecule has 1 aliphatic carbocycles. The summed E-state index contributed by atoms with van der Waals surface area (Å²) in [6, 6.07) is 21.3. The molecule has 1 fully saturated rings. The number of methoxy groups -OCH3 is 2. The molecule has 1 aliphatic rings. The molecule has 4 rings (SSSR count). The van der Waals surface area contributed by atoms with E-state index in [9.17, 15) is 9.59 Å². The predicted octanol–water partition coefficient (Wildman–Crippen LogP) is 4.74. The quantitative estimate of drug-likeness (QED) is 0.450. The number of hydrogen-bond donors (Lipinski definition) is 2. The molecule has 0 aliphatic heterocycles. The van der Waals surface area contributed by atoms with E-state index in [0.717, 1.165) is 31.2 Å². The van der Waals surface area contributed by atoms with Gasteiger partial charge in [-0.05, 0) is 79.8 Å². The maximum absolute atomic E-state index is 13.9. The van der Waals surface area contributed by atoms with Crippen LogP contribution in [0.5, 0.6) is 11.5 Å². The lowest BCUT2D eigenvalue weighted by atomic mass is 9.90. The van der Waals surface area contributed by atoms with Crippen molar-refractivity contribution in [2.24, 2.45) is 5.73 Å². The van der Waals surface area contributed by atoms with E-state index >= 15 is 0 Å². The van der Waals surface area contributed by atoms with Crippen LogP contribution in [-0.2, 0) is 6.54 Å². The Balaban J connectivity index is 1.62. The Morgan fingerprint density at radius 1 is 0.947 bits per heavy atom. The monoisotopic (exact) mass is 512 g/mol. The molecule has 0 bridgehead atoms. The minimum atomic E-state index is -0.289. The van der Waals surface area contributed by atoms with Crippen molar-refractivity contribution in [3.05, 3.63) is 89.0 Å². The van der Waals surface area contributed by atoms with Gasteiger partial charge < -0.3 is 25.4 Å². The van der Waals surface area contributed by atoms with Crippen molar-refractivity contribution in [2.75, 3.05) is 19.5 Å². The Labute approximate surface area is 223 Å². The van der Waals surface area contributed by atoms with Crippen LogP contribution < -0.4 is 20.5 Å². The lowest BCUT2D eigenvalue weighted by molar-refractivity contribution is 0.0606. The second kappa shape index (κ2) is 12.3. The van der Waals surface area contributed by atoms with E-state index in [1.54, 1.807) is 56.7 Å². The molecule has 2 amide bonds. The number of benzene rings is 3. The summed E-state index contributed by atoms with van der Waals surface area (Å²) in [6.45, 7) is 0.316. The summed E-state index contributed by atoms with van der Waals surface area (Å²) in [6.07, 6.45) is 3.30. The minimum absolute atomic E-state index is 0.0117. The van der Waals surface area contributed by atoms with Gasteiger partial charge in [0.25, 0.3) is 11.8 Å². The first kappa shape index (κ1) is 26.7. The van der Waals surface area contributed by atoms with Crippen LogP contribution >= 0.6 is 0 Å². The van der Waals surface area contributed by atoms with Gasteiger partial charge in [0, 0.05) is 35.4 Å². The predicted molar refractivity (Wildman–Crippen MR) is 145 cm³/mol. The van der Waals surface area contributed by atoms with Crippen LogP contribution in [0.25, 0.3) is 0 Å². The summed E-state index contributed by atoms with van der Waals surface area (Å²) in [5.74, 6) is 0.622. The standard InChI is InChI=1S/C30H32N4O4/c1-37-27-16-11-22(17-28(27)38-2)30(36)34(25-14-12-24(32)13-15-25)19-23-5-3-4-6-26(23)33-29(35)21-9-7-20(18-31)8-10-21/h3-11,16-17,24-25H,12-15,19,32H2,1-2H3,(H,33,35). The molecular formula is C30H32N4O4. The topological polar surface area (TPSA) is 118 Å².